The zero-order valence-electron chi connectivity index (χ0n) is 14.0. The fourth-order valence-corrected chi connectivity index (χ4v) is 2.70. The Morgan fingerprint density at radius 2 is 2.23 bits per heavy atom. The van der Waals surface area contributed by atoms with Crippen molar-refractivity contribution < 1.29 is 14.3 Å². The number of azide groups is 1. The van der Waals surface area contributed by atoms with Gasteiger partial charge in [0.05, 0.1) is 24.0 Å². The Morgan fingerprint density at radius 1 is 1.38 bits per heavy atom. The van der Waals surface area contributed by atoms with Gasteiger partial charge < -0.3 is 15.0 Å². The van der Waals surface area contributed by atoms with Gasteiger partial charge in [0.1, 0.15) is 11.6 Å². The largest absolute Gasteiger partial charge is 0.497 e. The van der Waals surface area contributed by atoms with Gasteiger partial charge in [-0.3, -0.25) is 14.6 Å². The van der Waals surface area contributed by atoms with E-state index in [9.17, 15) is 9.59 Å². The average molecular weight is 352 g/mol. The van der Waals surface area contributed by atoms with Crippen LogP contribution < -0.4 is 15.0 Å². The molecule has 9 heteroatoms. The second-order valence-corrected chi connectivity index (χ2v) is 5.58. The lowest BCUT2D eigenvalue weighted by Gasteiger charge is -2.20. The SMILES string of the molecule is COc1ccc(N2CCCC2=O)c(NC(=O)c2ccc(N=[N+]=[N-])nc2)c1. The van der Waals surface area contributed by atoms with Gasteiger partial charge in [0, 0.05) is 30.1 Å². The van der Waals surface area contributed by atoms with Crippen LogP contribution >= 0.6 is 0 Å². The van der Waals surface area contributed by atoms with Crippen LogP contribution in [-0.4, -0.2) is 30.5 Å². The highest BCUT2D eigenvalue weighted by Crippen LogP contribution is 2.33. The van der Waals surface area contributed by atoms with Gasteiger partial charge in [-0.15, -0.1) is 0 Å². The molecule has 26 heavy (non-hydrogen) atoms. The second kappa shape index (κ2) is 7.54. The molecule has 9 nitrogen and oxygen atoms in total. The lowest BCUT2D eigenvalue weighted by molar-refractivity contribution is -0.117. The van der Waals surface area contributed by atoms with Crippen molar-refractivity contribution in [3.8, 4) is 5.75 Å². The maximum absolute atomic E-state index is 12.5. The number of ether oxygens (including phenoxy) is 1. The average Bonchev–Trinajstić information content (AvgIpc) is 3.08. The molecule has 0 unspecified atom stereocenters. The summed E-state index contributed by atoms with van der Waals surface area (Å²) < 4.78 is 5.22. The number of nitrogens with zero attached hydrogens (tertiary/aromatic N) is 5. The number of amides is 2. The van der Waals surface area contributed by atoms with Crippen molar-refractivity contribution in [3.63, 3.8) is 0 Å². The summed E-state index contributed by atoms with van der Waals surface area (Å²) in [7, 11) is 1.53. The summed E-state index contributed by atoms with van der Waals surface area (Å²) in [5.74, 6) is 0.360. The molecule has 3 rings (SSSR count). The van der Waals surface area contributed by atoms with E-state index < -0.39 is 5.91 Å². The highest BCUT2D eigenvalue weighted by atomic mass is 16.5. The predicted molar refractivity (Wildman–Crippen MR) is 95.6 cm³/mol. The van der Waals surface area contributed by atoms with Crippen molar-refractivity contribution in [2.24, 2.45) is 5.11 Å². The molecule has 0 saturated carbocycles. The minimum Gasteiger partial charge on any atom is -0.497 e. The quantitative estimate of drug-likeness (QED) is 0.503. The molecule has 1 aromatic heterocycles. The van der Waals surface area contributed by atoms with E-state index in [1.165, 1.54) is 25.4 Å². The molecule has 2 aromatic rings. The summed E-state index contributed by atoms with van der Waals surface area (Å²) in [6.07, 6.45) is 2.59. The molecular formula is C17H16N6O3. The molecule has 0 bridgehead atoms. The van der Waals surface area contributed by atoms with Gasteiger partial charge in [0.25, 0.3) is 5.91 Å². The number of anilines is 2. The molecule has 1 aliphatic heterocycles. The van der Waals surface area contributed by atoms with Crippen LogP contribution in [0, 0.1) is 0 Å². The zero-order chi connectivity index (χ0) is 18.5. The van der Waals surface area contributed by atoms with Crippen LogP contribution in [0.4, 0.5) is 17.2 Å². The van der Waals surface area contributed by atoms with E-state index in [-0.39, 0.29) is 11.7 Å². The zero-order valence-corrected chi connectivity index (χ0v) is 14.0. The molecule has 0 aliphatic carbocycles. The molecular weight excluding hydrogens is 336 g/mol. The fraction of sp³-hybridized carbons (Fsp3) is 0.235. The molecule has 0 spiro atoms. The Bertz CT molecular complexity index is 890. The number of carbonyl (C=O) groups excluding carboxylic acids is 2. The van der Waals surface area contributed by atoms with Crippen molar-refractivity contribution in [1.82, 2.24) is 4.98 Å². The van der Waals surface area contributed by atoms with Gasteiger partial charge in [-0.2, -0.15) is 0 Å². The Hall–Kier alpha value is -3.58. The molecule has 0 atom stereocenters. The first-order valence-electron chi connectivity index (χ1n) is 7.93. The van der Waals surface area contributed by atoms with Crippen LogP contribution in [0.25, 0.3) is 10.4 Å². The number of aromatic nitrogens is 1. The van der Waals surface area contributed by atoms with Crippen LogP contribution in [0.5, 0.6) is 5.75 Å². The van der Waals surface area contributed by atoms with E-state index in [4.69, 9.17) is 10.3 Å². The van der Waals surface area contributed by atoms with E-state index >= 15 is 0 Å². The van der Waals surface area contributed by atoms with E-state index in [2.05, 4.69) is 20.3 Å². The summed E-state index contributed by atoms with van der Waals surface area (Å²) in [5.41, 5.74) is 9.79. The molecule has 1 aromatic carbocycles. The summed E-state index contributed by atoms with van der Waals surface area (Å²) in [4.78, 5) is 32.8. The number of pyridine rings is 1. The fourth-order valence-electron chi connectivity index (χ4n) is 2.70. The van der Waals surface area contributed by atoms with Gasteiger partial charge >= 0.3 is 0 Å². The Morgan fingerprint density at radius 3 is 2.85 bits per heavy atom. The molecule has 2 heterocycles. The topological polar surface area (TPSA) is 120 Å². The second-order valence-electron chi connectivity index (χ2n) is 5.58. The number of methoxy groups -OCH3 is 1. The highest BCUT2D eigenvalue weighted by Gasteiger charge is 2.25. The van der Waals surface area contributed by atoms with Crippen molar-refractivity contribution in [1.29, 1.82) is 0 Å². The van der Waals surface area contributed by atoms with Crippen LogP contribution in [0.1, 0.15) is 23.2 Å². The molecule has 1 aliphatic rings. The van der Waals surface area contributed by atoms with Crippen molar-refractivity contribution >= 4 is 29.0 Å². The van der Waals surface area contributed by atoms with Crippen molar-refractivity contribution in [2.45, 2.75) is 12.8 Å². The smallest absolute Gasteiger partial charge is 0.257 e. The summed E-state index contributed by atoms with van der Waals surface area (Å²) in [6.45, 7) is 0.608. The maximum Gasteiger partial charge on any atom is 0.257 e. The van der Waals surface area contributed by atoms with Gasteiger partial charge in [-0.25, -0.2) is 0 Å². The van der Waals surface area contributed by atoms with Gasteiger partial charge in [-0.1, -0.05) is 0 Å². The Kier molecular flexibility index (Phi) is 5.00. The molecule has 1 fully saturated rings. The minimum atomic E-state index is -0.397. The van der Waals surface area contributed by atoms with Gasteiger partial charge in [0.2, 0.25) is 5.91 Å². The van der Waals surface area contributed by atoms with Crippen LogP contribution in [-0.2, 0) is 4.79 Å². The summed E-state index contributed by atoms with van der Waals surface area (Å²) >= 11 is 0. The predicted octanol–water partition coefficient (Wildman–Crippen LogP) is 3.41. The van der Waals surface area contributed by atoms with Crippen molar-refractivity contribution in [2.75, 3.05) is 23.9 Å². The molecule has 0 radical (unpaired) electrons. The number of benzene rings is 1. The number of hydrogen-bond donors (Lipinski definition) is 1. The van der Waals surface area contributed by atoms with E-state index in [0.717, 1.165) is 6.42 Å². The molecule has 1 N–H and O–H groups in total. The Labute approximate surface area is 149 Å². The Balaban J connectivity index is 1.88. The van der Waals surface area contributed by atoms with E-state index in [1.807, 2.05) is 0 Å². The highest BCUT2D eigenvalue weighted by molar-refractivity contribution is 6.08. The summed E-state index contributed by atoms with van der Waals surface area (Å²) in [5, 5.41) is 6.16. The van der Waals surface area contributed by atoms with Crippen molar-refractivity contribution in [3.05, 3.63) is 52.5 Å². The third-order valence-corrected chi connectivity index (χ3v) is 3.97. The first-order valence-corrected chi connectivity index (χ1v) is 7.93. The molecule has 1 saturated heterocycles. The number of rotatable bonds is 5. The van der Waals surface area contributed by atoms with Crippen LogP contribution in [0.2, 0.25) is 0 Å². The monoisotopic (exact) mass is 352 g/mol. The lowest BCUT2D eigenvalue weighted by atomic mass is 10.2. The van der Waals surface area contributed by atoms with Gasteiger partial charge in [-0.05, 0) is 41.3 Å². The minimum absolute atomic E-state index is 0.0195. The molecule has 2 amide bonds. The number of hydrogen-bond acceptors (Lipinski definition) is 5. The molecule has 132 valence electrons. The maximum atomic E-state index is 12.5. The van der Waals surface area contributed by atoms with Crippen LogP contribution in [0.15, 0.2) is 41.6 Å². The third kappa shape index (κ3) is 3.57. The number of carbonyl (C=O) groups is 2. The van der Waals surface area contributed by atoms with Gasteiger partial charge in [0.15, 0.2) is 0 Å². The first kappa shape index (κ1) is 17.2. The van der Waals surface area contributed by atoms with E-state index in [1.54, 1.807) is 23.1 Å². The van der Waals surface area contributed by atoms with Crippen LogP contribution in [0.3, 0.4) is 0 Å². The third-order valence-electron chi connectivity index (χ3n) is 3.97. The van der Waals surface area contributed by atoms with E-state index in [0.29, 0.717) is 35.7 Å². The summed E-state index contributed by atoms with van der Waals surface area (Å²) in [6, 6.07) is 8.12. The lowest BCUT2D eigenvalue weighted by Crippen LogP contribution is -2.25. The normalized spacial score (nSPS) is 13.3. The standard InChI is InChI=1S/C17H16N6O3/c1-26-12-5-6-14(23-8-2-3-16(23)24)13(9-12)20-17(25)11-4-7-15(19-10-11)21-22-18/h4-7,9-10H,2-3,8H2,1H3,(H,20,25). The first-order chi connectivity index (χ1) is 12.6. The number of nitrogens with one attached hydrogen (secondary N) is 1.